The molecule has 6 heteroatoms. The molecule has 40 heavy (non-hydrogen) atoms. The zero-order valence-electron chi connectivity index (χ0n) is 21.7. The zero-order chi connectivity index (χ0) is 27.3. The maximum absolute atomic E-state index is 12.6. The van der Waals surface area contributed by atoms with Gasteiger partial charge in [-0.05, 0) is 37.1 Å². The summed E-state index contributed by atoms with van der Waals surface area (Å²) in [6.45, 7) is 0.981. The van der Waals surface area contributed by atoms with Gasteiger partial charge in [-0.15, -0.1) is 0 Å². The molecule has 0 unspecified atom stereocenters. The van der Waals surface area contributed by atoms with Crippen LogP contribution in [0.4, 0.5) is 0 Å². The maximum Gasteiger partial charge on any atom is 0.193 e. The lowest BCUT2D eigenvalue weighted by atomic mass is 10.1. The van der Waals surface area contributed by atoms with Crippen molar-refractivity contribution in [3.63, 3.8) is 0 Å². The Morgan fingerprint density at radius 1 is 0.500 bits per heavy atom. The van der Waals surface area contributed by atoms with Crippen molar-refractivity contribution in [1.82, 2.24) is 0 Å². The van der Waals surface area contributed by atoms with E-state index in [9.17, 15) is 9.59 Å². The number of unbranched alkanes of at least 4 members (excludes halogenated alkanes) is 1. The number of rotatable bonds is 9. The number of fused-ring (bicyclic) bond motifs is 2. The Labute approximate surface area is 230 Å². The number of ether oxygens (including phenoxy) is 2. The summed E-state index contributed by atoms with van der Waals surface area (Å²) in [4.78, 5) is 25.1. The Morgan fingerprint density at radius 2 is 0.925 bits per heavy atom. The van der Waals surface area contributed by atoms with E-state index >= 15 is 0 Å². The highest BCUT2D eigenvalue weighted by atomic mass is 16.5. The SMILES string of the molecule is O=c1cc(-c2ccccc2)oc2cc(OCCCCOc3ccc4c(=O)cc(-c5ccccc5)oc4c3)ccc12. The van der Waals surface area contributed by atoms with Crippen molar-refractivity contribution in [1.29, 1.82) is 0 Å². The van der Waals surface area contributed by atoms with Gasteiger partial charge in [0.25, 0.3) is 0 Å². The fourth-order valence-corrected chi connectivity index (χ4v) is 4.52. The first kappa shape index (κ1) is 25.2. The predicted octanol–water partition coefficient (Wildman–Crippen LogP) is 7.47. The van der Waals surface area contributed by atoms with Crippen LogP contribution in [0.3, 0.4) is 0 Å². The Kier molecular flexibility index (Phi) is 7.14. The van der Waals surface area contributed by atoms with Gasteiger partial charge in [0.2, 0.25) is 0 Å². The van der Waals surface area contributed by atoms with E-state index in [1.54, 1.807) is 36.4 Å². The minimum absolute atomic E-state index is 0.0898. The van der Waals surface area contributed by atoms with E-state index in [0.717, 1.165) is 24.0 Å². The van der Waals surface area contributed by atoms with Gasteiger partial charge >= 0.3 is 0 Å². The van der Waals surface area contributed by atoms with Gasteiger partial charge in [0.1, 0.15) is 34.2 Å². The highest BCUT2D eigenvalue weighted by molar-refractivity contribution is 5.81. The van der Waals surface area contributed by atoms with Gasteiger partial charge in [-0.2, -0.15) is 0 Å². The second kappa shape index (κ2) is 11.3. The summed E-state index contributed by atoms with van der Waals surface area (Å²) in [6, 6.07) is 32.7. The molecule has 0 aliphatic rings. The predicted molar refractivity (Wildman–Crippen MR) is 156 cm³/mol. The van der Waals surface area contributed by atoms with Crippen LogP contribution in [-0.2, 0) is 0 Å². The minimum atomic E-state index is -0.0898. The normalized spacial score (nSPS) is 11.1. The van der Waals surface area contributed by atoms with Crippen LogP contribution in [0.5, 0.6) is 11.5 Å². The molecule has 0 saturated heterocycles. The van der Waals surface area contributed by atoms with Crippen LogP contribution in [0, 0.1) is 0 Å². The minimum Gasteiger partial charge on any atom is -0.493 e. The highest BCUT2D eigenvalue weighted by Crippen LogP contribution is 2.26. The van der Waals surface area contributed by atoms with E-state index in [1.807, 2.05) is 60.7 Å². The van der Waals surface area contributed by atoms with Crippen LogP contribution in [0.25, 0.3) is 44.6 Å². The molecule has 2 heterocycles. The fourth-order valence-electron chi connectivity index (χ4n) is 4.52. The Morgan fingerprint density at radius 3 is 1.35 bits per heavy atom. The smallest absolute Gasteiger partial charge is 0.193 e. The molecule has 0 radical (unpaired) electrons. The summed E-state index contributed by atoms with van der Waals surface area (Å²) in [5.74, 6) is 2.33. The number of hydrogen-bond donors (Lipinski definition) is 0. The lowest BCUT2D eigenvalue weighted by molar-refractivity contribution is 0.266. The fraction of sp³-hybridized carbons (Fsp3) is 0.118. The molecule has 0 amide bonds. The topological polar surface area (TPSA) is 78.9 Å². The van der Waals surface area contributed by atoms with E-state index in [0.29, 0.717) is 58.2 Å². The average molecular weight is 531 g/mol. The zero-order valence-corrected chi connectivity index (χ0v) is 21.7. The van der Waals surface area contributed by atoms with Gasteiger partial charge < -0.3 is 18.3 Å². The Bertz CT molecular complexity index is 1750. The summed E-state index contributed by atoms with van der Waals surface area (Å²) >= 11 is 0. The third-order valence-electron chi connectivity index (χ3n) is 6.59. The lowest BCUT2D eigenvalue weighted by Crippen LogP contribution is -2.04. The van der Waals surface area contributed by atoms with Crippen molar-refractivity contribution < 1.29 is 18.3 Å². The van der Waals surface area contributed by atoms with Crippen molar-refractivity contribution in [2.75, 3.05) is 13.2 Å². The lowest BCUT2D eigenvalue weighted by Gasteiger charge is -2.09. The summed E-state index contributed by atoms with van der Waals surface area (Å²) < 4.78 is 23.8. The van der Waals surface area contributed by atoms with E-state index < -0.39 is 0 Å². The van der Waals surface area contributed by atoms with Crippen LogP contribution in [0.2, 0.25) is 0 Å². The molecule has 0 fully saturated rings. The largest absolute Gasteiger partial charge is 0.493 e. The van der Waals surface area contributed by atoms with Gasteiger partial charge in [-0.1, -0.05) is 60.7 Å². The van der Waals surface area contributed by atoms with Gasteiger partial charge in [0, 0.05) is 35.4 Å². The third-order valence-corrected chi connectivity index (χ3v) is 6.59. The van der Waals surface area contributed by atoms with Crippen molar-refractivity contribution in [3.8, 4) is 34.1 Å². The molecule has 198 valence electrons. The number of hydrogen-bond acceptors (Lipinski definition) is 6. The second-order valence-electron chi connectivity index (χ2n) is 9.40. The molecule has 0 atom stereocenters. The summed E-state index contributed by atoms with van der Waals surface area (Å²) in [5, 5.41) is 1.03. The van der Waals surface area contributed by atoms with E-state index in [2.05, 4.69) is 0 Å². The second-order valence-corrected chi connectivity index (χ2v) is 9.40. The molecule has 6 nitrogen and oxygen atoms in total. The Hall–Kier alpha value is -5.10. The molecule has 0 bridgehead atoms. The molecule has 0 aliphatic heterocycles. The van der Waals surface area contributed by atoms with Crippen LogP contribution >= 0.6 is 0 Å². The van der Waals surface area contributed by atoms with Crippen LogP contribution in [-0.4, -0.2) is 13.2 Å². The third kappa shape index (κ3) is 5.52. The highest BCUT2D eigenvalue weighted by Gasteiger charge is 2.10. The summed E-state index contributed by atoms with van der Waals surface area (Å²) in [6.07, 6.45) is 1.54. The van der Waals surface area contributed by atoms with Crippen LogP contribution in [0.15, 0.2) is 128 Å². The van der Waals surface area contributed by atoms with Gasteiger partial charge in [-0.25, -0.2) is 0 Å². The van der Waals surface area contributed by atoms with Crippen molar-refractivity contribution in [2.45, 2.75) is 12.8 Å². The molecule has 0 N–H and O–H groups in total. The maximum atomic E-state index is 12.6. The first-order valence-corrected chi connectivity index (χ1v) is 13.2. The van der Waals surface area contributed by atoms with Gasteiger partial charge in [0.15, 0.2) is 10.9 Å². The van der Waals surface area contributed by atoms with Crippen LogP contribution in [0.1, 0.15) is 12.8 Å². The molecular formula is C34H26O6. The quantitative estimate of drug-likeness (QED) is 0.180. The summed E-state index contributed by atoms with van der Waals surface area (Å²) in [7, 11) is 0. The first-order valence-electron chi connectivity index (χ1n) is 13.2. The molecular weight excluding hydrogens is 504 g/mol. The van der Waals surface area contributed by atoms with Gasteiger partial charge in [0.05, 0.1) is 24.0 Å². The average Bonchev–Trinajstić information content (AvgIpc) is 2.99. The molecule has 0 aliphatic carbocycles. The van der Waals surface area contributed by atoms with E-state index in [4.69, 9.17) is 18.3 Å². The molecule has 6 rings (SSSR count). The van der Waals surface area contributed by atoms with Gasteiger partial charge in [-0.3, -0.25) is 9.59 Å². The standard InChI is InChI=1S/C34H26O6/c35-29-21-31(23-9-3-1-4-10-23)39-33-19-25(13-15-27(29)33)37-17-7-8-18-38-26-14-16-28-30(36)22-32(40-34(28)20-26)24-11-5-2-6-12-24/h1-6,9-16,19-22H,7-8,17-18H2. The molecule has 0 saturated carbocycles. The van der Waals surface area contributed by atoms with Crippen LogP contribution < -0.4 is 20.3 Å². The first-order chi connectivity index (χ1) is 19.6. The van der Waals surface area contributed by atoms with E-state index in [-0.39, 0.29) is 10.9 Å². The Balaban J connectivity index is 1.05. The molecule has 0 spiro atoms. The number of benzene rings is 4. The van der Waals surface area contributed by atoms with E-state index in [1.165, 1.54) is 12.1 Å². The monoisotopic (exact) mass is 530 g/mol. The van der Waals surface area contributed by atoms with Crippen molar-refractivity contribution >= 4 is 21.9 Å². The van der Waals surface area contributed by atoms with Crippen molar-refractivity contribution in [2.24, 2.45) is 0 Å². The summed E-state index contributed by atoms with van der Waals surface area (Å²) in [5.41, 5.74) is 2.49. The molecule has 6 aromatic rings. The molecule has 4 aromatic carbocycles. The van der Waals surface area contributed by atoms with Crippen molar-refractivity contribution in [3.05, 3.63) is 130 Å². The molecule has 2 aromatic heterocycles.